The van der Waals surface area contributed by atoms with Crippen LogP contribution in [-0.4, -0.2) is 17.9 Å². The van der Waals surface area contributed by atoms with E-state index in [0.717, 1.165) is 11.5 Å². The third-order valence-corrected chi connectivity index (χ3v) is 4.70. The summed E-state index contributed by atoms with van der Waals surface area (Å²) in [7, 11) is 0. The molecule has 0 fully saturated rings. The minimum absolute atomic E-state index is 0.0793. The van der Waals surface area contributed by atoms with E-state index in [1.807, 2.05) is 12.2 Å². The van der Waals surface area contributed by atoms with Gasteiger partial charge in [0.1, 0.15) is 12.0 Å². The maximum absolute atomic E-state index is 14.0. The standard InChI is InChI=1S/C17H18ClF2N/c1-10-9-15(16-13(19)3-2-4-14(16)20)21-17(10)11-5-7-12(18)8-6-11/h2-3,5,7-8,10-11,14,17H,4,6,9H2,1H3. The molecule has 112 valence electrons. The van der Waals surface area contributed by atoms with Crippen molar-refractivity contribution in [1.29, 1.82) is 0 Å². The van der Waals surface area contributed by atoms with Gasteiger partial charge >= 0.3 is 0 Å². The van der Waals surface area contributed by atoms with Gasteiger partial charge in [0, 0.05) is 28.7 Å². The van der Waals surface area contributed by atoms with Gasteiger partial charge in [0.25, 0.3) is 0 Å². The normalized spacial score (nSPS) is 36.0. The molecule has 0 bridgehead atoms. The van der Waals surface area contributed by atoms with E-state index in [1.54, 1.807) is 0 Å². The number of hydrogen-bond acceptors (Lipinski definition) is 1. The zero-order valence-corrected chi connectivity index (χ0v) is 12.7. The Morgan fingerprint density at radius 3 is 2.76 bits per heavy atom. The van der Waals surface area contributed by atoms with Crippen LogP contribution in [-0.2, 0) is 0 Å². The Hall–Kier alpha value is -1.22. The van der Waals surface area contributed by atoms with Crippen LogP contribution in [0, 0.1) is 11.8 Å². The molecule has 1 aliphatic heterocycles. The van der Waals surface area contributed by atoms with Gasteiger partial charge in [0.2, 0.25) is 0 Å². The van der Waals surface area contributed by atoms with Crippen LogP contribution in [0.1, 0.15) is 26.2 Å². The van der Waals surface area contributed by atoms with Gasteiger partial charge in [-0.1, -0.05) is 36.8 Å². The van der Waals surface area contributed by atoms with E-state index in [4.69, 9.17) is 11.6 Å². The molecule has 3 aliphatic rings. The molecule has 4 unspecified atom stereocenters. The molecule has 1 heterocycles. The molecule has 4 heteroatoms. The molecule has 0 aromatic rings. The Morgan fingerprint density at radius 1 is 1.29 bits per heavy atom. The Kier molecular flexibility index (Phi) is 4.12. The Labute approximate surface area is 128 Å². The van der Waals surface area contributed by atoms with Crippen LogP contribution in [0.25, 0.3) is 0 Å². The predicted octanol–water partition coefficient (Wildman–Crippen LogP) is 5.06. The van der Waals surface area contributed by atoms with Gasteiger partial charge < -0.3 is 0 Å². The Balaban J connectivity index is 1.84. The summed E-state index contributed by atoms with van der Waals surface area (Å²) in [5.41, 5.74) is 0.774. The van der Waals surface area contributed by atoms with Crippen LogP contribution in [0.4, 0.5) is 8.78 Å². The van der Waals surface area contributed by atoms with Crippen LogP contribution >= 0.6 is 11.6 Å². The van der Waals surface area contributed by atoms with Crippen molar-refractivity contribution < 1.29 is 8.78 Å². The van der Waals surface area contributed by atoms with Gasteiger partial charge in [0.15, 0.2) is 0 Å². The topological polar surface area (TPSA) is 12.4 Å². The van der Waals surface area contributed by atoms with E-state index >= 15 is 0 Å². The minimum Gasteiger partial charge on any atom is -0.285 e. The van der Waals surface area contributed by atoms with Crippen molar-refractivity contribution in [3.05, 3.63) is 46.8 Å². The van der Waals surface area contributed by atoms with E-state index < -0.39 is 12.0 Å². The maximum atomic E-state index is 14.0. The average molecular weight is 310 g/mol. The first kappa shape index (κ1) is 14.7. The van der Waals surface area contributed by atoms with Crippen LogP contribution in [0.15, 0.2) is 51.8 Å². The van der Waals surface area contributed by atoms with Gasteiger partial charge in [-0.3, -0.25) is 4.99 Å². The summed E-state index contributed by atoms with van der Waals surface area (Å²) in [6, 6.07) is 0.0793. The van der Waals surface area contributed by atoms with E-state index in [1.165, 1.54) is 12.2 Å². The molecule has 1 nitrogen and oxygen atoms in total. The lowest BCUT2D eigenvalue weighted by atomic mass is 9.85. The first-order chi connectivity index (χ1) is 10.1. The number of allylic oxidation sites excluding steroid dienone is 7. The van der Waals surface area contributed by atoms with E-state index in [-0.39, 0.29) is 24.0 Å². The fourth-order valence-corrected chi connectivity index (χ4v) is 3.48. The summed E-state index contributed by atoms with van der Waals surface area (Å²) in [6.07, 6.45) is 9.27. The highest BCUT2D eigenvalue weighted by atomic mass is 35.5. The molecule has 3 rings (SSSR count). The van der Waals surface area contributed by atoms with Crippen molar-refractivity contribution in [3.8, 4) is 0 Å². The molecule has 0 aromatic carbocycles. The number of hydrogen-bond donors (Lipinski definition) is 0. The second-order valence-electron chi connectivity index (χ2n) is 5.96. The number of nitrogens with zero attached hydrogens (tertiary/aromatic N) is 1. The summed E-state index contributed by atoms with van der Waals surface area (Å²) in [6.45, 7) is 2.10. The van der Waals surface area contributed by atoms with Gasteiger partial charge in [0.05, 0.1) is 6.04 Å². The van der Waals surface area contributed by atoms with Gasteiger partial charge in [-0.25, -0.2) is 8.78 Å². The van der Waals surface area contributed by atoms with Crippen molar-refractivity contribution in [2.75, 3.05) is 0 Å². The van der Waals surface area contributed by atoms with Crippen molar-refractivity contribution >= 4 is 17.3 Å². The molecular formula is C17H18ClF2N. The van der Waals surface area contributed by atoms with Crippen molar-refractivity contribution in [1.82, 2.24) is 0 Å². The molecular weight excluding hydrogens is 292 g/mol. The number of halogens is 3. The summed E-state index contributed by atoms with van der Waals surface area (Å²) < 4.78 is 28.0. The van der Waals surface area contributed by atoms with E-state index in [2.05, 4.69) is 18.0 Å². The first-order valence-electron chi connectivity index (χ1n) is 7.37. The lowest BCUT2D eigenvalue weighted by Gasteiger charge is -2.22. The molecule has 0 saturated heterocycles. The fraction of sp³-hybridized carbons (Fsp3) is 0.471. The molecule has 2 aliphatic carbocycles. The number of rotatable bonds is 2. The summed E-state index contributed by atoms with van der Waals surface area (Å²) in [5, 5.41) is 0.746. The summed E-state index contributed by atoms with van der Waals surface area (Å²) in [4.78, 5) is 4.66. The fourth-order valence-electron chi connectivity index (χ4n) is 3.31. The second kappa shape index (κ2) is 5.88. The zero-order chi connectivity index (χ0) is 15.0. The van der Waals surface area contributed by atoms with Crippen LogP contribution < -0.4 is 0 Å². The monoisotopic (exact) mass is 309 g/mol. The molecule has 0 radical (unpaired) electrons. The molecule has 21 heavy (non-hydrogen) atoms. The number of aliphatic imine (C=N–C) groups is 1. The average Bonchev–Trinajstić information content (AvgIpc) is 2.81. The maximum Gasteiger partial charge on any atom is 0.133 e. The third kappa shape index (κ3) is 2.89. The minimum atomic E-state index is -1.27. The van der Waals surface area contributed by atoms with Gasteiger partial charge in [-0.2, -0.15) is 0 Å². The largest absolute Gasteiger partial charge is 0.285 e. The van der Waals surface area contributed by atoms with Crippen molar-refractivity contribution in [2.45, 2.75) is 38.4 Å². The molecule has 0 spiro atoms. The van der Waals surface area contributed by atoms with Gasteiger partial charge in [-0.05, 0) is 30.9 Å². The first-order valence-corrected chi connectivity index (χ1v) is 7.75. The number of alkyl halides is 1. The lowest BCUT2D eigenvalue weighted by molar-refractivity contribution is 0.381. The molecule has 0 N–H and O–H groups in total. The van der Waals surface area contributed by atoms with Gasteiger partial charge in [-0.15, -0.1) is 0 Å². The Morgan fingerprint density at radius 2 is 2.10 bits per heavy atom. The van der Waals surface area contributed by atoms with E-state index in [0.29, 0.717) is 18.1 Å². The predicted molar refractivity (Wildman–Crippen MR) is 83.0 cm³/mol. The highest BCUT2D eigenvalue weighted by Gasteiger charge is 2.35. The lowest BCUT2D eigenvalue weighted by Crippen LogP contribution is -2.21. The smallest absolute Gasteiger partial charge is 0.133 e. The SMILES string of the molecule is CC1CC(C2=C(F)C=CCC2F)=NC1C1C=CC(Cl)=CC1. The summed E-state index contributed by atoms with van der Waals surface area (Å²) in [5.74, 6) is 0.0849. The molecule has 4 atom stereocenters. The van der Waals surface area contributed by atoms with Crippen LogP contribution in [0.5, 0.6) is 0 Å². The molecule has 0 amide bonds. The van der Waals surface area contributed by atoms with Crippen molar-refractivity contribution in [3.63, 3.8) is 0 Å². The highest BCUT2D eigenvalue weighted by molar-refractivity contribution is 6.31. The zero-order valence-electron chi connectivity index (χ0n) is 11.9. The molecule has 0 aromatic heterocycles. The van der Waals surface area contributed by atoms with Crippen LogP contribution in [0.2, 0.25) is 0 Å². The third-order valence-electron chi connectivity index (χ3n) is 4.42. The van der Waals surface area contributed by atoms with E-state index in [9.17, 15) is 8.78 Å². The Bertz CT molecular complexity index is 586. The second-order valence-corrected chi connectivity index (χ2v) is 6.40. The summed E-state index contributed by atoms with van der Waals surface area (Å²) >= 11 is 5.94. The quantitative estimate of drug-likeness (QED) is 0.676. The van der Waals surface area contributed by atoms with Crippen LogP contribution in [0.3, 0.4) is 0 Å². The van der Waals surface area contributed by atoms with Crippen molar-refractivity contribution in [2.24, 2.45) is 16.8 Å². The molecule has 0 saturated carbocycles. The highest BCUT2D eigenvalue weighted by Crippen LogP contribution is 2.37.